The number of ether oxygens (including phenoxy) is 12. The molecule has 1 fully saturated rings. The number of nitrogens with one attached hydrogen (secondary N) is 1. The highest BCUT2D eigenvalue weighted by atomic mass is 16.6. The number of carbonyl (C=O) groups is 10. The maximum absolute atomic E-state index is 11.2. The number of hydrogen-bond donors (Lipinski definition) is 2. The molecule has 2 N–H and O–H groups in total. The summed E-state index contributed by atoms with van der Waals surface area (Å²) in [5.74, 6) is -2.55. The van der Waals surface area contributed by atoms with Gasteiger partial charge in [-0.15, -0.1) is 0 Å². The standard InChI is InChI=1S/C13H26N2O.C12H24NO2.C11H22NO2.C10H18O5.C10H14O4.2C8H14O2.C7H10O3.C7H10O2.2CH4/c1-6-7-10-15(4,5)11-8-9-14-13(16)12(2)3;1-6-7-8-13(4,5)9-10-15-12(14)11(2)3;1-5-7-8-12(3,4)9-10-14-11(13)6-2;1-9(2)10(12)15-8-7-14-6-5-13-4-3-11;1-7(2)9(11)13-5-6-14-10(12)8(3)4;2*1-6(2)5-10-8(9)7(3)4;1-5(2)7(8)10-4-6-3-9-6;1-4-5-9-7(8)6(2)3;;/h2,6-11H2,1,3-5H3;2,6-10H2,1,3-5H3;6H,2,5,7-10H2,1,3-4H3;11H,1,3-8H2,2H3;1,3,5-6H2,2,4H3;2*6H,3,5H2,1-2,4H3;6H,1,3-4H2,2H3;4H,1-2,5H2,3H3;2*1H4/q;2*+1;;;;;;;;/p+1. The molecule has 1 rings (SSSR count). The second kappa shape index (κ2) is 80.7. The zero-order valence-electron chi connectivity index (χ0n) is 73.9. The topological polar surface area (TPSA) is 317 Å². The van der Waals surface area contributed by atoms with Crippen LogP contribution < -0.4 is 5.32 Å². The van der Waals surface area contributed by atoms with Crippen molar-refractivity contribution in [2.24, 2.45) is 11.8 Å². The van der Waals surface area contributed by atoms with Crippen molar-refractivity contribution in [1.29, 1.82) is 0 Å². The van der Waals surface area contributed by atoms with Gasteiger partial charge >= 0.3 is 53.7 Å². The normalized spacial score (nSPS) is 11.0. The number of nitrogens with zero attached hydrogens (tertiary/aromatic N) is 3. The van der Waals surface area contributed by atoms with Gasteiger partial charge in [-0.2, -0.15) is 0 Å². The van der Waals surface area contributed by atoms with Crippen molar-refractivity contribution in [2.45, 2.75) is 177 Å². The monoisotopic (exact) mass is 1640 g/mol. The Morgan fingerprint density at radius 3 is 0.974 bits per heavy atom. The van der Waals surface area contributed by atoms with Crippen LogP contribution in [0.25, 0.3) is 0 Å². The van der Waals surface area contributed by atoms with Crippen LogP contribution in [-0.4, -0.2) is 271 Å². The number of likely N-dealkylation sites (N-methyl/N-ethyl adjacent to an activating group) is 2. The van der Waals surface area contributed by atoms with Crippen molar-refractivity contribution in [2.75, 3.05) is 187 Å². The predicted octanol–water partition coefficient (Wildman–Crippen LogP) is 13.5. The first-order valence-electron chi connectivity index (χ1n) is 38.2. The van der Waals surface area contributed by atoms with Crippen LogP contribution in [0.4, 0.5) is 0 Å². The van der Waals surface area contributed by atoms with Gasteiger partial charge in [0.1, 0.15) is 65.4 Å². The number of esters is 9. The molecule has 0 aliphatic carbocycles. The maximum Gasteiger partial charge on any atom is 0.333 e. The molecule has 668 valence electrons. The van der Waals surface area contributed by atoms with Crippen LogP contribution in [0.15, 0.2) is 135 Å². The minimum atomic E-state index is -0.489. The van der Waals surface area contributed by atoms with Crippen molar-refractivity contribution in [3.05, 3.63) is 135 Å². The van der Waals surface area contributed by atoms with Crippen molar-refractivity contribution in [3.63, 3.8) is 0 Å². The van der Waals surface area contributed by atoms with Gasteiger partial charge in [-0.05, 0) is 93.4 Å². The Hall–Kier alpha value is -8.44. The molecule has 1 atom stereocenters. The van der Waals surface area contributed by atoms with Gasteiger partial charge in [0.2, 0.25) is 5.91 Å². The van der Waals surface area contributed by atoms with Crippen LogP contribution in [0.5, 0.6) is 0 Å². The number of epoxide rings is 1. The molecule has 1 aliphatic heterocycles. The van der Waals surface area contributed by atoms with E-state index in [2.05, 4.69) is 155 Å². The Kier molecular flexibility index (Phi) is 89.4. The molecule has 115 heavy (non-hydrogen) atoms. The summed E-state index contributed by atoms with van der Waals surface area (Å²) in [6.07, 6.45) is 11.2. The number of hydrogen-bond acceptors (Lipinski definition) is 23. The lowest BCUT2D eigenvalue weighted by Crippen LogP contribution is -2.43. The molecule has 1 unspecified atom stereocenters. The largest absolute Gasteiger partial charge is 0.462 e. The van der Waals surface area contributed by atoms with E-state index in [1.54, 1.807) is 62.3 Å². The Labute approximate surface area is 695 Å². The van der Waals surface area contributed by atoms with E-state index < -0.39 is 17.9 Å². The summed E-state index contributed by atoms with van der Waals surface area (Å²) in [4.78, 5) is 108. The highest BCUT2D eigenvalue weighted by Gasteiger charge is 2.24. The smallest absolute Gasteiger partial charge is 0.333 e. The van der Waals surface area contributed by atoms with Crippen molar-refractivity contribution in [1.82, 2.24) is 5.32 Å². The van der Waals surface area contributed by atoms with Crippen LogP contribution in [0.1, 0.15) is 171 Å². The minimum Gasteiger partial charge on any atom is -0.462 e. The van der Waals surface area contributed by atoms with E-state index in [0.717, 1.165) is 59.1 Å². The van der Waals surface area contributed by atoms with Crippen LogP contribution in [0.2, 0.25) is 0 Å². The molecular weight excluding hydrogens is 1480 g/mol. The summed E-state index contributed by atoms with van der Waals surface area (Å²) < 4.78 is 60.9. The first kappa shape index (κ1) is 127. The van der Waals surface area contributed by atoms with E-state index in [4.69, 9.17) is 47.7 Å². The molecule has 0 radical (unpaired) electrons. The van der Waals surface area contributed by atoms with Gasteiger partial charge in [0.25, 0.3) is 0 Å². The summed E-state index contributed by atoms with van der Waals surface area (Å²) in [7, 11) is 13.1. The molecular formula is C88H161N4O23+3. The first-order chi connectivity index (χ1) is 52.4. The Morgan fingerprint density at radius 1 is 0.400 bits per heavy atom. The fraction of sp³-hybridized carbons (Fsp3) is 0.636. The second-order valence-electron chi connectivity index (χ2n) is 29.1. The number of aliphatic hydroxyl groups is 1. The summed E-state index contributed by atoms with van der Waals surface area (Å²) >= 11 is 0. The van der Waals surface area contributed by atoms with Crippen LogP contribution in [0, 0.1) is 11.8 Å². The van der Waals surface area contributed by atoms with Crippen LogP contribution in [0.3, 0.4) is 0 Å². The minimum absolute atomic E-state index is 0. The SMILES string of the molecule is C.C.C=C(C)C(=O)NCCC[N+](C)(C)CCCC.C=C(C)C(=O)OCC(C)C.C=C(C)C(=O)OCC(C)C.C=C(C)C(=O)OCC1CO1.C=C(C)C(=O)OCCOC(=O)C(=C)C.C=C(C)C(=O)OCCOCCOCCO.C=C(C)C(=O)OCC[N+](C)(C)CCCC.C=CC(=O)OCC[N+](C)(C)CCCC.C=CCOC(=O)C(=C)C. The van der Waals surface area contributed by atoms with Crippen LogP contribution >= 0.6 is 0 Å². The predicted molar refractivity (Wildman–Crippen MR) is 462 cm³/mol. The zero-order valence-corrected chi connectivity index (χ0v) is 73.9. The average Bonchev–Trinajstić information content (AvgIpc) is 1.52. The quantitative estimate of drug-likeness (QED) is 0.0109. The van der Waals surface area contributed by atoms with Gasteiger partial charge in [-0.1, -0.05) is 161 Å². The highest BCUT2D eigenvalue weighted by molar-refractivity contribution is 5.92. The number of rotatable bonds is 48. The number of quaternary nitrogens is 3. The molecule has 1 saturated heterocycles. The summed E-state index contributed by atoms with van der Waals surface area (Å²) in [6.45, 7) is 79.1. The van der Waals surface area contributed by atoms with E-state index in [9.17, 15) is 47.9 Å². The van der Waals surface area contributed by atoms with Gasteiger partial charge < -0.3 is 80.7 Å². The van der Waals surface area contributed by atoms with Crippen molar-refractivity contribution in [3.8, 4) is 0 Å². The van der Waals surface area contributed by atoms with Gasteiger partial charge in [0.05, 0.1) is 121 Å². The zero-order chi connectivity index (χ0) is 89.3. The third-order valence-electron chi connectivity index (χ3n) is 13.6. The van der Waals surface area contributed by atoms with E-state index in [1.807, 2.05) is 27.7 Å². The lowest BCUT2D eigenvalue weighted by molar-refractivity contribution is -0.890. The number of carbonyl (C=O) groups excluding carboxylic acids is 10. The Morgan fingerprint density at radius 2 is 0.678 bits per heavy atom. The molecule has 0 saturated carbocycles. The lowest BCUT2D eigenvalue weighted by Gasteiger charge is -2.29. The van der Waals surface area contributed by atoms with Gasteiger partial charge in [-0.3, -0.25) is 4.79 Å². The first-order valence-corrected chi connectivity index (χ1v) is 38.2. The molecule has 1 amide bonds. The molecule has 1 aliphatic rings. The molecule has 0 aromatic rings. The number of aliphatic hydroxyl groups excluding tert-OH is 1. The Balaban J connectivity index is -0.000000135. The molecule has 27 nitrogen and oxygen atoms in total. The fourth-order valence-corrected chi connectivity index (χ4v) is 6.58. The molecule has 0 spiro atoms. The second-order valence-corrected chi connectivity index (χ2v) is 29.1. The van der Waals surface area contributed by atoms with Crippen molar-refractivity contribution >= 4 is 59.6 Å². The molecule has 27 heteroatoms. The fourth-order valence-electron chi connectivity index (χ4n) is 6.58. The molecule has 0 bridgehead atoms. The molecule has 0 aromatic carbocycles. The number of amides is 1. The number of unbranched alkanes of at least 4 members (excludes halogenated alkanes) is 3. The van der Waals surface area contributed by atoms with Gasteiger partial charge in [0.15, 0.2) is 0 Å². The van der Waals surface area contributed by atoms with Gasteiger partial charge in [0, 0.05) is 69.2 Å². The Bertz CT molecular complexity index is 2760. The average molecular weight is 1640 g/mol. The third-order valence-corrected chi connectivity index (χ3v) is 13.6. The van der Waals surface area contributed by atoms with E-state index in [-0.39, 0.29) is 95.7 Å². The molecule has 0 aromatic heterocycles. The van der Waals surface area contributed by atoms with E-state index >= 15 is 0 Å². The van der Waals surface area contributed by atoms with E-state index in [0.29, 0.717) is 128 Å². The summed E-state index contributed by atoms with van der Waals surface area (Å²) in [5, 5.41) is 11.3. The van der Waals surface area contributed by atoms with E-state index in [1.165, 1.54) is 57.2 Å². The lowest BCUT2D eigenvalue weighted by atomic mass is 10.2. The van der Waals surface area contributed by atoms with Gasteiger partial charge in [-0.25, -0.2) is 43.2 Å². The van der Waals surface area contributed by atoms with Crippen LogP contribution in [-0.2, 0) is 105 Å². The summed E-state index contributed by atoms with van der Waals surface area (Å²) in [6, 6.07) is 0. The highest BCUT2D eigenvalue weighted by Crippen LogP contribution is 2.10. The summed E-state index contributed by atoms with van der Waals surface area (Å²) in [5.41, 5.74) is 3.82. The maximum atomic E-state index is 11.2. The third kappa shape index (κ3) is 102. The van der Waals surface area contributed by atoms with Crippen molar-refractivity contribution < 1.29 is 123 Å². The molecule has 1 heterocycles.